The first-order chi connectivity index (χ1) is 26.7. The van der Waals surface area contributed by atoms with Gasteiger partial charge < -0.3 is 29.8 Å². The topological polar surface area (TPSA) is 155 Å². The molecule has 0 unspecified atom stereocenters. The third-order valence-electron chi connectivity index (χ3n) is 11.6. The SMILES string of the molecule is CN1CCC(C(=O)N2CCC[C@H]2c2ncc(-c3ccc(-c4ccc(-c5cnc([C@@H]6CCCN6C(=O)[C@@H](c6ccccc6)N(C)C(=O)O)[nH]5)cc4)nc3)[nH]2)CC1. The lowest BCUT2D eigenvalue weighted by molar-refractivity contribution is -0.138. The third-order valence-corrected chi connectivity index (χ3v) is 11.6. The van der Waals surface area contributed by atoms with Crippen molar-refractivity contribution in [2.45, 2.75) is 56.7 Å². The van der Waals surface area contributed by atoms with Crippen molar-refractivity contribution >= 4 is 17.9 Å². The number of piperidine rings is 1. The summed E-state index contributed by atoms with van der Waals surface area (Å²) in [6.07, 6.45) is 9.58. The number of likely N-dealkylation sites (N-methyl/N-ethyl adjacent to an activating group) is 1. The molecule has 0 aliphatic carbocycles. The van der Waals surface area contributed by atoms with Crippen molar-refractivity contribution in [3.8, 4) is 33.8 Å². The van der Waals surface area contributed by atoms with Gasteiger partial charge in [0, 0.05) is 43.4 Å². The van der Waals surface area contributed by atoms with Crippen molar-refractivity contribution in [3.63, 3.8) is 0 Å². The number of amides is 3. The minimum Gasteiger partial charge on any atom is -0.465 e. The number of aromatic amines is 2. The predicted octanol–water partition coefficient (Wildman–Crippen LogP) is 6.55. The highest BCUT2D eigenvalue weighted by molar-refractivity contribution is 5.87. The number of nitrogens with one attached hydrogen (secondary N) is 2. The molecule has 5 aromatic rings. The van der Waals surface area contributed by atoms with Crippen LogP contribution in [0, 0.1) is 5.92 Å². The van der Waals surface area contributed by atoms with Gasteiger partial charge in [0.2, 0.25) is 5.91 Å². The second-order valence-electron chi connectivity index (χ2n) is 15.0. The van der Waals surface area contributed by atoms with Gasteiger partial charge >= 0.3 is 6.09 Å². The molecule has 3 aromatic heterocycles. The van der Waals surface area contributed by atoms with Crippen LogP contribution in [0.1, 0.15) is 73.9 Å². The highest BCUT2D eigenvalue weighted by Crippen LogP contribution is 2.37. The zero-order chi connectivity index (χ0) is 38.1. The Bertz CT molecular complexity index is 2120. The van der Waals surface area contributed by atoms with Crippen LogP contribution in [0.4, 0.5) is 4.79 Å². The Hall–Kier alpha value is -5.82. The fraction of sp³-hybridized carbons (Fsp3) is 0.381. The van der Waals surface area contributed by atoms with Crippen LogP contribution in [0.25, 0.3) is 33.8 Å². The maximum absolute atomic E-state index is 13.9. The number of hydrogen-bond donors (Lipinski definition) is 3. The van der Waals surface area contributed by atoms with Gasteiger partial charge in [0.05, 0.1) is 41.6 Å². The number of H-pyrrole nitrogens is 2. The van der Waals surface area contributed by atoms with E-state index >= 15 is 0 Å². The molecule has 0 spiro atoms. The lowest BCUT2D eigenvalue weighted by atomic mass is 9.95. The summed E-state index contributed by atoms with van der Waals surface area (Å²) in [4.78, 5) is 67.6. The summed E-state index contributed by atoms with van der Waals surface area (Å²) in [7, 11) is 3.55. The van der Waals surface area contributed by atoms with E-state index in [1.807, 2.05) is 71.9 Å². The molecule has 55 heavy (non-hydrogen) atoms. The minimum absolute atomic E-state index is 0.0185. The van der Waals surface area contributed by atoms with E-state index in [0.717, 1.165) is 103 Å². The maximum atomic E-state index is 13.9. The second kappa shape index (κ2) is 15.5. The standard InChI is InChI=1S/C42H47N9O4/c1-48-22-18-30(19-23-48)40(52)50-20-6-10-35(50)38-45-26-34(47-38)31-16-17-32(43-24-31)27-12-14-28(15-13-27)33-25-44-39(46-33)36-11-7-21-51(36)41(53)37(49(2)42(54)55)29-8-4-3-5-9-29/h3-5,8-9,12-17,24-26,30,35-37H,6-7,10-11,18-23H2,1-2H3,(H,44,46)(H,45,47)(H,54,55)/t35-,36-,37+/m0/s1. The van der Waals surface area contributed by atoms with Crippen LogP contribution in [0.3, 0.4) is 0 Å². The fourth-order valence-corrected chi connectivity index (χ4v) is 8.40. The van der Waals surface area contributed by atoms with E-state index in [4.69, 9.17) is 9.97 Å². The normalized spacial score (nSPS) is 19.8. The molecule has 13 nitrogen and oxygen atoms in total. The van der Waals surface area contributed by atoms with E-state index in [9.17, 15) is 19.5 Å². The van der Waals surface area contributed by atoms with Crippen LogP contribution in [0.5, 0.6) is 0 Å². The zero-order valence-electron chi connectivity index (χ0n) is 31.3. The molecule has 0 saturated carbocycles. The van der Waals surface area contributed by atoms with Gasteiger partial charge in [0.15, 0.2) is 0 Å². The molecule has 3 N–H and O–H groups in total. The van der Waals surface area contributed by atoms with Crippen molar-refractivity contribution in [1.82, 2.24) is 44.5 Å². The number of carbonyl (C=O) groups is 3. The summed E-state index contributed by atoms with van der Waals surface area (Å²) in [5, 5.41) is 9.78. The number of rotatable bonds is 9. The smallest absolute Gasteiger partial charge is 0.407 e. The molecule has 8 rings (SSSR count). The number of carbonyl (C=O) groups excluding carboxylic acids is 2. The van der Waals surface area contributed by atoms with Crippen molar-refractivity contribution in [3.05, 3.63) is 103 Å². The Morgan fingerprint density at radius 1 is 0.709 bits per heavy atom. The van der Waals surface area contributed by atoms with Crippen LogP contribution in [0.2, 0.25) is 0 Å². The molecule has 2 aromatic carbocycles. The summed E-state index contributed by atoms with van der Waals surface area (Å²) < 4.78 is 0. The number of likely N-dealkylation sites (tertiary alicyclic amines) is 3. The summed E-state index contributed by atoms with van der Waals surface area (Å²) in [5.74, 6) is 1.63. The highest BCUT2D eigenvalue weighted by atomic mass is 16.4. The number of imidazole rings is 2. The number of nitrogens with zero attached hydrogens (tertiary/aromatic N) is 7. The number of aromatic nitrogens is 5. The van der Waals surface area contributed by atoms with Gasteiger partial charge in [-0.2, -0.15) is 0 Å². The minimum atomic E-state index is -1.16. The average molecular weight is 742 g/mol. The van der Waals surface area contributed by atoms with Crippen molar-refractivity contribution in [2.24, 2.45) is 5.92 Å². The Labute approximate surface area is 320 Å². The molecular formula is C42H47N9O4. The zero-order valence-corrected chi connectivity index (χ0v) is 31.3. The monoisotopic (exact) mass is 741 g/mol. The van der Waals surface area contributed by atoms with Gasteiger partial charge in [-0.15, -0.1) is 0 Å². The van der Waals surface area contributed by atoms with Gasteiger partial charge in [-0.05, 0) is 81.9 Å². The first kappa shape index (κ1) is 36.2. The van der Waals surface area contributed by atoms with Crippen LogP contribution < -0.4 is 0 Å². The third kappa shape index (κ3) is 7.36. The Kier molecular flexibility index (Phi) is 10.2. The van der Waals surface area contributed by atoms with E-state index < -0.39 is 12.1 Å². The summed E-state index contributed by atoms with van der Waals surface area (Å²) in [6.45, 7) is 3.25. The Morgan fingerprint density at radius 2 is 1.29 bits per heavy atom. The van der Waals surface area contributed by atoms with E-state index in [1.165, 1.54) is 7.05 Å². The quantitative estimate of drug-likeness (QED) is 0.154. The first-order valence-electron chi connectivity index (χ1n) is 19.2. The van der Waals surface area contributed by atoms with Gasteiger partial charge in [-0.3, -0.25) is 19.5 Å². The van der Waals surface area contributed by atoms with Crippen LogP contribution in [0.15, 0.2) is 85.3 Å². The first-order valence-corrected chi connectivity index (χ1v) is 19.2. The Morgan fingerprint density at radius 3 is 1.91 bits per heavy atom. The molecule has 0 bridgehead atoms. The van der Waals surface area contributed by atoms with E-state index in [0.29, 0.717) is 17.9 Å². The number of hydrogen-bond acceptors (Lipinski definition) is 7. The van der Waals surface area contributed by atoms with E-state index in [-0.39, 0.29) is 29.8 Å². The number of carboxylic acid groups (broad SMARTS) is 1. The summed E-state index contributed by atoms with van der Waals surface area (Å²) in [6, 6.07) is 19.9. The maximum Gasteiger partial charge on any atom is 0.407 e. The fourth-order valence-electron chi connectivity index (χ4n) is 8.40. The van der Waals surface area contributed by atoms with Gasteiger partial charge in [-0.25, -0.2) is 14.8 Å². The summed E-state index contributed by atoms with van der Waals surface area (Å²) in [5.41, 5.74) is 6.02. The molecule has 3 amide bonds. The van der Waals surface area contributed by atoms with E-state index in [2.05, 4.69) is 26.9 Å². The molecule has 3 aliphatic rings. The van der Waals surface area contributed by atoms with Crippen LogP contribution in [-0.4, -0.2) is 108 Å². The molecule has 284 valence electrons. The molecule has 3 aliphatic heterocycles. The van der Waals surface area contributed by atoms with Crippen molar-refractivity contribution in [1.29, 1.82) is 0 Å². The number of benzene rings is 2. The predicted molar refractivity (Wildman–Crippen MR) is 207 cm³/mol. The van der Waals surface area contributed by atoms with E-state index in [1.54, 1.807) is 23.2 Å². The lowest BCUT2D eigenvalue weighted by Gasteiger charge is -2.32. The van der Waals surface area contributed by atoms with Crippen LogP contribution >= 0.6 is 0 Å². The summed E-state index contributed by atoms with van der Waals surface area (Å²) >= 11 is 0. The van der Waals surface area contributed by atoms with Crippen molar-refractivity contribution < 1.29 is 19.5 Å². The van der Waals surface area contributed by atoms with Gasteiger partial charge in [0.1, 0.15) is 17.7 Å². The molecular weight excluding hydrogens is 695 g/mol. The van der Waals surface area contributed by atoms with Gasteiger partial charge in [-0.1, -0.05) is 54.6 Å². The molecule has 3 atom stereocenters. The largest absolute Gasteiger partial charge is 0.465 e. The average Bonchev–Trinajstić information content (AvgIpc) is 4.06. The molecule has 0 radical (unpaired) electrons. The van der Waals surface area contributed by atoms with Gasteiger partial charge in [0.25, 0.3) is 5.91 Å². The van der Waals surface area contributed by atoms with Crippen molar-refractivity contribution in [2.75, 3.05) is 40.3 Å². The second-order valence-corrected chi connectivity index (χ2v) is 15.0. The number of pyridine rings is 1. The molecule has 6 heterocycles. The molecule has 3 saturated heterocycles. The lowest BCUT2D eigenvalue weighted by Crippen LogP contribution is -2.43. The molecule has 3 fully saturated rings. The highest BCUT2D eigenvalue weighted by Gasteiger charge is 2.39. The molecule has 13 heteroatoms. The Balaban J connectivity index is 0.925. The van der Waals surface area contributed by atoms with Crippen LogP contribution in [-0.2, 0) is 9.59 Å².